The lowest BCUT2D eigenvalue weighted by molar-refractivity contribution is 0.399. The van der Waals surface area contributed by atoms with Crippen LogP contribution in [0.1, 0.15) is 38.7 Å². The van der Waals surface area contributed by atoms with Crippen LogP contribution in [0.2, 0.25) is 0 Å². The van der Waals surface area contributed by atoms with Gasteiger partial charge < -0.3 is 10.2 Å². The minimum atomic E-state index is 0.686. The van der Waals surface area contributed by atoms with Gasteiger partial charge in [-0.15, -0.1) is 0 Å². The van der Waals surface area contributed by atoms with Crippen molar-refractivity contribution in [2.75, 3.05) is 24.5 Å². The van der Waals surface area contributed by atoms with Crippen LogP contribution in [-0.4, -0.2) is 25.7 Å². The summed E-state index contributed by atoms with van der Waals surface area (Å²) in [7, 11) is 0. The van der Waals surface area contributed by atoms with E-state index in [0.717, 1.165) is 13.1 Å². The Labute approximate surface area is 111 Å². The van der Waals surface area contributed by atoms with Crippen LogP contribution in [0.5, 0.6) is 0 Å². The van der Waals surface area contributed by atoms with E-state index in [1.165, 1.54) is 43.5 Å². The van der Waals surface area contributed by atoms with Gasteiger partial charge in [0.15, 0.2) is 0 Å². The van der Waals surface area contributed by atoms with Gasteiger partial charge in [-0.25, -0.2) is 0 Å². The van der Waals surface area contributed by atoms with Crippen molar-refractivity contribution in [1.82, 2.24) is 5.32 Å². The third kappa shape index (κ3) is 3.49. The van der Waals surface area contributed by atoms with Gasteiger partial charge in [-0.2, -0.15) is 0 Å². The van der Waals surface area contributed by atoms with Gasteiger partial charge in [0, 0.05) is 24.8 Å². The van der Waals surface area contributed by atoms with Crippen LogP contribution in [0, 0.1) is 0 Å². The van der Waals surface area contributed by atoms with Crippen molar-refractivity contribution in [1.29, 1.82) is 0 Å². The highest BCUT2D eigenvalue weighted by atomic mass is 15.1. The summed E-state index contributed by atoms with van der Waals surface area (Å²) in [6, 6.07) is 9.74. The normalized spacial score (nSPS) is 19.8. The predicted molar refractivity (Wildman–Crippen MR) is 79.3 cm³/mol. The first kappa shape index (κ1) is 13.4. The van der Waals surface area contributed by atoms with Crippen molar-refractivity contribution in [2.24, 2.45) is 0 Å². The minimum absolute atomic E-state index is 0.686. The molecule has 2 heteroatoms. The van der Waals surface area contributed by atoms with E-state index in [1.54, 1.807) is 0 Å². The van der Waals surface area contributed by atoms with Gasteiger partial charge in [0.05, 0.1) is 0 Å². The van der Waals surface area contributed by atoms with Crippen LogP contribution in [-0.2, 0) is 6.42 Å². The second-order valence-corrected chi connectivity index (χ2v) is 5.19. The molecule has 1 unspecified atom stereocenters. The summed E-state index contributed by atoms with van der Waals surface area (Å²) in [4.78, 5) is 2.41. The zero-order valence-corrected chi connectivity index (χ0v) is 11.8. The Kier molecular flexibility index (Phi) is 5.06. The summed E-state index contributed by atoms with van der Waals surface area (Å²) in [6.45, 7) is 7.81. The number of nitrogens with zero attached hydrogens (tertiary/aromatic N) is 1. The fraction of sp³-hybridized carbons (Fsp3) is 0.625. The molecule has 100 valence electrons. The Balaban J connectivity index is 2.01. The van der Waals surface area contributed by atoms with E-state index in [-0.39, 0.29) is 0 Å². The molecule has 1 N–H and O–H groups in total. The maximum absolute atomic E-state index is 3.63. The number of anilines is 1. The highest BCUT2D eigenvalue weighted by Gasteiger charge is 2.13. The zero-order valence-electron chi connectivity index (χ0n) is 11.8. The lowest BCUT2D eigenvalue weighted by atomic mass is 9.97. The minimum Gasteiger partial charge on any atom is -0.372 e. The van der Waals surface area contributed by atoms with E-state index >= 15 is 0 Å². The number of benzene rings is 1. The van der Waals surface area contributed by atoms with Gasteiger partial charge in [-0.3, -0.25) is 0 Å². The molecule has 1 aliphatic heterocycles. The average Bonchev–Trinajstić information content (AvgIpc) is 2.42. The zero-order chi connectivity index (χ0) is 12.8. The van der Waals surface area contributed by atoms with Crippen LogP contribution >= 0.6 is 0 Å². The molecule has 2 nitrogen and oxygen atoms in total. The summed E-state index contributed by atoms with van der Waals surface area (Å²) in [5, 5.41) is 3.63. The molecule has 0 bridgehead atoms. The summed E-state index contributed by atoms with van der Waals surface area (Å²) >= 11 is 0. The molecule has 0 radical (unpaired) electrons. The van der Waals surface area contributed by atoms with Gasteiger partial charge in [0.1, 0.15) is 0 Å². The lowest BCUT2D eigenvalue weighted by Crippen LogP contribution is -2.35. The third-order valence-electron chi connectivity index (χ3n) is 3.93. The molecule has 1 heterocycles. The number of piperidine rings is 1. The van der Waals surface area contributed by atoms with Crippen LogP contribution in [0.3, 0.4) is 0 Å². The van der Waals surface area contributed by atoms with Gasteiger partial charge in [0.25, 0.3) is 0 Å². The van der Waals surface area contributed by atoms with Crippen LogP contribution in [0.25, 0.3) is 0 Å². The summed E-state index contributed by atoms with van der Waals surface area (Å²) < 4.78 is 0. The quantitative estimate of drug-likeness (QED) is 0.858. The van der Waals surface area contributed by atoms with E-state index in [0.29, 0.717) is 6.04 Å². The molecule has 1 saturated heterocycles. The van der Waals surface area contributed by atoms with E-state index < -0.39 is 0 Å². The first-order chi connectivity index (χ1) is 8.83. The summed E-state index contributed by atoms with van der Waals surface area (Å²) in [5.74, 6) is 0. The molecule has 1 atom stereocenters. The molecule has 0 saturated carbocycles. The van der Waals surface area contributed by atoms with Crippen molar-refractivity contribution >= 4 is 5.69 Å². The van der Waals surface area contributed by atoms with Crippen LogP contribution < -0.4 is 10.2 Å². The van der Waals surface area contributed by atoms with Crippen molar-refractivity contribution in [3.8, 4) is 0 Å². The Morgan fingerprint density at radius 3 is 2.72 bits per heavy atom. The van der Waals surface area contributed by atoms with Gasteiger partial charge in [-0.05, 0) is 57.4 Å². The SMILES string of the molecule is CCN(CC)c1cccc(CC2CCCCN2)c1. The smallest absolute Gasteiger partial charge is 0.0368 e. The molecular formula is C16H26N2. The Hall–Kier alpha value is -1.02. The molecule has 1 aromatic rings. The Morgan fingerprint density at radius 2 is 2.06 bits per heavy atom. The highest BCUT2D eigenvalue weighted by molar-refractivity contribution is 5.48. The molecule has 0 aromatic heterocycles. The number of hydrogen-bond donors (Lipinski definition) is 1. The van der Waals surface area contributed by atoms with Crippen molar-refractivity contribution in [3.05, 3.63) is 29.8 Å². The second-order valence-electron chi connectivity index (χ2n) is 5.19. The third-order valence-corrected chi connectivity index (χ3v) is 3.93. The van der Waals surface area contributed by atoms with Crippen molar-refractivity contribution in [2.45, 2.75) is 45.6 Å². The van der Waals surface area contributed by atoms with Gasteiger partial charge in [0.2, 0.25) is 0 Å². The maximum Gasteiger partial charge on any atom is 0.0368 e. The number of nitrogens with one attached hydrogen (secondary N) is 1. The number of rotatable bonds is 5. The molecule has 0 spiro atoms. The average molecular weight is 246 g/mol. The molecule has 0 amide bonds. The van der Waals surface area contributed by atoms with Crippen LogP contribution in [0.15, 0.2) is 24.3 Å². The van der Waals surface area contributed by atoms with E-state index in [4.69, 9.17) is 0 Å². The van der Waals surface area contributed by atoms with Crippen molar-refractivity contribution < 1.29 is 0 Å². The molecule has 0 aliphatic carbocycles. The standard InChI is InChI=1S/C16H26N2/c1-3-18(4-2)16-10-7-8-14(13-16)12-15-9-5-6-11-17-15/h7-8,10,13,15,17H,3-6,9,11-12H2,1-2H3. The van der Waals surface area contributed by atoms with Gasteiger partial charge in [-0.1, -0.05) is 18.6 Å². The van der Waals surface area contributed by atoms with E-state index in [1.807, 2.05) is 0 Å². The molecule has 1 aliphatic rings. The van der Waals surface area contributed by atoms with Gasteiger partial charge >= 0.3 is 0 Å². The lowest BCUT2D eigenvalue weighted by Gasteiger charge is -2.25. The summed E-state index contributed by atoms with van der Waals surface area (Å²) in [6.07, 6.45) is 5.23. The fourth-order valence-corrected chi connectivity index (χ4v) is 2.85. The molecular weight excluding hydrogens is 220 g/mol. The second kappa shape index (κ2) is 6.79. The van der Waals surface area contributed by atoms with E-state index in [9.17, 15) is 0 Å². The molecule has 1 aromatic carbocycles. The maximum atomic E-state index is 3.63. The monoisotopic (exact) mass is 246 g/mol. The Morgan fingerprint density at radius 1 is 1.22 bits per heavy atom. The van der Waals surface area contributed by atoms with Crippen molar-refractivity contribution in [3.63, 3.8) is 0 Å². The predicted octanol–water partition coefficient (Wildman–Crippen LogP) is 3.22. The number of hydrogen-bond acceptors (Lipinski definition) is 2. The molecule has 18 heavy (non-hydrogen) atoms. The first-order valence-electron chi connectivity index (χ1n) is 7.40. The fourth-order valence-electron chi connectivity index (χ4n) is 2.85. The van der Waals surface area contributed by atoms with Crippen LogP contribution in [0.4, 0.5) is 5.69 Å². The highest BCUT2D eigenvalue weighted by Crippen LogP contribution is 2.19. The Bertz CT molecular complexity index is 352. The topological polar surface area (TPSA) is 15.3 Å². The molecule has 1 fully saturated rings. The molecule has 2 rings (SSSR count). The first-order valence-corrected chi connectivity index (χ1v) is 7.40. The summed E-state index contributed by atoms with van der Waals surface area (Å²) in [5.41, 5.74) is 2.84. The van der Waals surface area contributed by atoms with E-state index in [2.05, 4.69) is 48.3 Å². The largest absolute Gasteiger partial charge is 0.372 e.